The minimum atomic E-state index is -0.604. The second kappa shape index (κ2) is 4.72. The van der Waals surface area contributed by atoms with Crippen LogP contribution in [0.2, 0.25) is 0 Å². The van der Waals surface area contributed by atoms with Gasteiger partial charge >= 0.3 is 0 Å². The number of nitrogens with one attached hydrogen (secondary N) is 1. The molecule has 0 aromatic carbocycles. The maximum Gasteiger partial charge on any atom is 0.234 e. The molecule has 82 valence electrons. The van der Waals surface area contributed by atoms with Crippen molar-refractivity contribution in [3.05, 3.63) is 0 Å². The fourth-order valence-electron chi connectivity index (χ4n) is 1.58. The molecule has 1 aliphatic heterocycles. The third-order valence-corrected chi connectivity index (χ3v) is 2.12. The van der Waals surface area contributed by atoms with Crippen molar-refractivity contribution in [1.29, 1.82) is 0 Å². The Morgan fingerprint density at radius 1 is 1.64 bits per heavy atom. The molecule has 5 heteroatoms. The van der Waals surface area contributed by atoms with Crippen molar-refractivity contribution in [2.75, 3.05) is 39.9 Å². The predicted octanol–water partition coefficient (Wildman–Crippen LogP) is -1.18. The van der Waals surface area contributed by atoms with Gasteiger partial charge in [-0.15, -0.1) is 0 Å². The topological polar surface area (TPSA) is 61.8 Å². The summed E-state index contributed by atoms with van der Waals surface area (Å²) in [6.45, 7) is 4.35. The maximum atomic E-state index is 11.2. The van der Waals surface area contributed by atoms with E-state index in [9.17, 15) is 9.90 Å². The summed E-state index contributed by atoms with van der Waals surface area (Å²) in [5.74, 6) is -0.0162. The van der Waals surface area contributed by atoms with Crippen molar-refractivity contribution >= 4 is 5.91 Å². The summed E-state index contributed by atoms with van der Waals surface area (Å²) >= 11 is 0. The summed E-state index contributed by atoms with van der Waals surface area (Å²) in [5.41, 5.74) is -0.604. The molecule has 1 amide bonds. The first-order valence-corrected chi connectivity index (χ1v) is 4.74. The predicted molar refractivity (Wildman–Crippen MR) is 51.9 cm³/mol. The van der Waals surface area contributed by atoms with Gasteiger partial charge in [0.1, 0.15) is 0 Å². The zero-order valence-electron chi connectivity index (χ0n) is 8.75. The Kier molecular flexibility index (Phi) is 3.86. The van der Waals surface area contributed by atoms with E-state index in [1.54, 1.807) is 14.0 Å². The van der Waals surface area contributed by atoms with Crippen LogP contribution < -0.4 is 5.32 Å². The van der Waals surface area contributed by atoms with Crippen molar-refractivity contribution in [1.82, 2.24) is 10.2 Å². The number of hydrogen-bond donors (Lipinski definition) is 2. The van der Waals surface area contributed by atoms with Crippen molar-refractivity contribution in [3.8, 4) is 0 Å². The van der Waals surface area contributed by atoms with Crippen LogP contribution in [0.25, 0.3) is 0 Å². The minimum Gasteiger partial charge on any atom is -0.388 e. The SMILES string of the molecule is COCCNC(=O)CN1CC(C)(O)C1. The van der Waals surface area contributed by atoms with E-state index in [0.29, 0.717) is 32.8 Å². The number of carbonyl (C=O) groups excluding carboxylic acids is 1. The Labute approximate surface area is 84.0 Å². The number of nitrogens with zero attached hydrogens (tertiary/aromatic N) is 1. The van der Waals surface area contributed by atoms with Gasteiger partial charge in [-0.2, -0.15) is 0 Å². The molecular formula is C9H18N2O3. The first-order chi connectivity index (χ1) is 6.53. The molecule has 0 saturated carbocycles. The number of rotatable bonds is 5. The highest BCUT2D eigenvalue weighted by molar-refractivity contribution is 5.78. The lowest BCUT2D eigenvalue weighted by atomic mass is 9.97. The summed E-state index contributed by atoms with van der Waals surface area (Å²) in [6, 6.07) is 0. The standard InChI is InChI=1S/C9H18N2O3/c1-9(13)6-11(7-9)5-8(12)10-3-4-14-2/h13H,3-7H2,1-2H3,(H,10,12). The lowest BCUT2D eigenvalue weighted by Crippen LogP contribution is -2.61. The number of β-amino-alcohol motifs (C(OH)–C–C–N with tert-alkyl or cyclic N) is 1. The number of methoxy groups -OCH3 is 1. The molecule has 0 aromatic rings. The average molecular weight is 202 g/mol. The molecule has 1 heterocycles. The zero-order valence-corrected chi connectivity index (χ0v) is 8.75. The third-order valence-electron chi connectivity index (χ3n) is 2.12. The fourth-order valence-corrected chi connectivity index (χ4v) is 1.58. The van der Waals surface area contributed by atoms with Crippen molar-refractivity contribution in [3.63, 3.8) is 0 Å². The first-order valence-electron chi connectivity index (χ1n) is 4.74. The van der Waals surface area contributed by atoms with Crippen LogP contribution in [0.3, 0.4) is 0 Å². The van der Waals surface area contributed by atoms with Gasteiger partial charge in [0, 0.05) is 26.7 Å². The van der Waals surface area contributed by atoms with Gasteiger partial charge in [-0.1, -0.05) is 0 Å². The Bertz CT molecular complexity index is 198. The Balaban J connectivity index is 2.05. The molecule has 0 unspecified atom stereocenters. The van der Waals surface area contributed by atoms with Gasteiger partial charge in [0.2, 0.25) is 5.91 Å². The van der Waals surface area contributed by atoms with E-state index < -0.39 is 5.60 Å². The second-order valence-electron chi connectivity index (χ2n) is 3.98. The number of amides is 1. The maximum absolute atomic E-state index is 11.2. The Morgan fingerprint density at radius 3 is 2.79 bits per heavy atom. The smallest absolute Gasteiger partial charge is 0.234 e. The summed E-state index contributed by atoms with van der Waals surface area (Å²) in [5, 5.41) is 12.1. The molecule has 0 spiro atoms. The van der Waals surface area contributed by atoms with Gasteiger partial charge in [-0.3, -0.25) is 9.69 Å². The van der Waals surface area contributed by atoms with Crippen LogP contribution in [0, 0.1) is 0 Å². The lowest BCUT2D eigenvalue weighted by Gasteiger charge is -2.43. The highest BCUT2D eigenvalue weighted by Crippen LogP contribution is 2.18. The van der Waals surface area contributed by atoms with Gasteiger partial charge in [0.25, 0.3) is 0 Å². The fraction of sp³-hybridized carbons (Fsp3) is 0.889. The molecule has 0 radical (unpaired) electrons. The zero-order chi connectivity index (χ0) is 10.6. The molecule has 0 aliphatic carbocycles. The summed E-state index contributed by atoms with van der Waals surface area (Å²) in [4.78, 5) is 13.1. The first kappa shape index (κ1) is 11.4. The summed E-state index contributed by atoms with van der Waals surface area (Å²) < 4.78 is 4.80. The molecule has 1 saturated heterocycles. The lowest BCUT2D eigenvalue weighted by molar-refractivity contribution is -0.130. The van der Waals surface area contributed by atoms with Crippen LogP contribution in [0.1, 0.15) is 6.92 Å². The summed E-state index contributed by atoms with van der Waals surface area (Å²) in [7, 11) is 1.60. The molecule has 2 N–H and O–H groups in total. The number of likely N-dealkylation sites (tertiary alicyclic amines) is 1. The van der Waals surface area contributed by atoms with Crippen LogP contribution in [0.5, 0.6) is 0 Å². The highest BCUT2D eigenvalue weighted by atomic mass is 16.5. The monoisotopic (exact) mass is 202 g/mol. The van der Waals surface area contributed by atoms with Crippen LogP contribution in [0.15, 0.2) is 0 Å². The second-order valence-corrected chi connectivity index (χ2v) is 3.98. The minimum absolute atomic E-state index is 0.0162. The van der Waals surface area contributed by atoms with Gasteiger partial charge in [0.05, 0.1) is 18.8 Å². The molecular weight excluding hydrogens is 184 g/mol. The van der Waals surface area contributed by atoms with Crippen LogP contribution in [-0.4, -0.2) is 61.4 Å². The Morgan fingerprint density at radius 2 is 2.29 bits per heavy atom. The molecule has 14 heavy (non-hydrogen) atoms. The number of ether oxygens (including phenoxy) is 1. The molecule has 1 aliphatic rings. The largest absolute Gasteiger partial charge is 0.388 e. The quantitative estimate of drug-likeness (QED) is 0.551. The van der Waals surface area contributed by atoms with Gasteiger partial charge in [0.15, 0.2) is 0 Å². The molecule has 0 bridgehead atoms. The van der Waals surface area contributed by atoms with Gasteiger partial charge in [-0.05, 0) is 6.92 Å². The molecule has 5 nitrogen and oxygen atoms in total. The van der Waals surface area contributed by atoms with E-state index in [0.717, 1.165) is 0 Å². The molecule has 1 rings (SSSR count). The number of hydrogen-bond acceptors (Lipinski definition) is 4. The Hall–Kier alpha value is -0.650. The molecule has 0 aromatic heterocycles. The molecule has 0 atom stereocenters. The van der Waals surface area contributed by atoms with Crippen molar-refractivity contribution in [2.45, 2.75) is 12.5 Å². The van der Waals surface area contributed by atoms with Gasteiger partial charge < -0.3 is 15.2 Å². The van der Waals surface area contributed by atoms with E-state index in [4.69, 9.17) is 4.74 Å². The van der Waals surface area contributed by atoms with E-state index in [1.165, 1.54) is 0 Å². The highest BCUT2D eigenvalue weighted by Gasteiger charge is 2.36. The van der Waals surface area contributed by atoms with E-state index in [1.807, 2.05) is 4.90 Å². The number of carbonyl (C=O) groups is 1. The van der Waals surface area contributed by atoms with E-state index in [2.05, 4.69) is 5.32 Å². The van der Waals surface area contributed by atoms with E-state index >= 15 is 0 Å². The van der Waals surface area contributed by atoms with Crippen molar-refractivity contribution < 1.29 is 14.6 Å². The van der Waals surface area contributed by atoms with Crippen LogP contribution in [0.4, 0.5) is 0 Å². The van der Waals surface area contributed by atoms with Gasteiger partial charge in [-0.25, -0.2) is 0 Å². The third kappa shape index (κ3) is 3.61. The molecule has 1 fully saturated rings. The van der Waals surface area contributed by atoms with Crippen LogP contribution >= 0.6 is 0 Å². The van der Waals surface area contributed by atoms with E-state index in [-0.39, 0.29) is 5.91 Å². The average Bonchev–Trinajstić information content (AvgIpc) is 2.01. The summed E-state index contributed by atoms with van der Waals surface area (Å²) in [6.07, 6.45) is 0. The number of aliphatic hydroxyl groups is 1. The normalized spacial score (nSPS) is 20.2. The van der Waals surface area contributed by atoms with Crippen LogP contribution in [-0.2, 0) is 9.53 Å². The van der Waals surface area contributed by atoms with Crippen molar-refractivity contribution in [2.24, 2.45) is 0 Å².